The molecule has 3 rings (SSSR count). The van der Waals surface area contributed by atoms with Gasteiger partial charge in [-0.2, -0.15) is 4.98 Å². The van der Waals surface area contributed by atoms with Crippen LogP contribution in [0.4, 0.5) is 5.69 Å². The third-order valence-electron chi connectivity index (χ3n) is 3.45. The lowest BCUT2D eigenvalue weighted by molar-refractivity contribution is 0.364. The minimum absolute atomic E-state index is 0.0767. The number of aryl methyl sites for hydroxylation is 1. The number of hydrogen-bond acceptors (Lipinski definition) is 6. The van der Waals surface area contributed by atoms with Gasteiger partial charge < -0.3 is 19.3 Å². The van der Waals surface area contributed by atoms with Crippen LogP contribution < -0.4 is 14.8 Å². The van der Waals surface area contributed by atoms with Crippen LogP contribution in [0.2, 0.25) is 0 Å². The number of methoxy groups -OCH3 is 1. The van der Waals surface area contributed by atoms with Crippen LogP contribution in [0.5, 0.6) is 17.2 Å². The van der Waals surface area contributed by atoms with E-state index in [-0.39, 0.29) is 6.04 Å². The van der Waals surface area contributed by atoms with Crippen molar-refractivity contribution in [2.45, 2.75) is 19.9 Å². The maximum atomic E-state index is 5.85. The number of aromatic nitrogens is 2. The van der Waals surface area contributed by atoms with Gasteiger partial charge >= 0.3 is 0 Å². The van der Waals surface area contributed by atoms with Crippen LogP contribution in [-0.4, -0.2) is 17.3 Å². The van der Waals surface area contributed by atoms with E-state index in [0.717, 1.165) is 11.4 Å². The molecular formula is C18H19N3O3. The summed E-state index contributed by atoms with van der Waals surface area (Å²) < 4.78 is 16.3. The van der Waals surface area contributed by atoms with E-state index in [2.05, 4.69) is 15.5 Å². The second-order valence-electron chi connectivity index (χ2n) is 5.32. The van der Waals surface area contributed by atoms with Gasteiger partial charge in [0.2, 0.25) is 5.89 Å². The number of hydrogen-bond donors (Lipinski definition) is 1. The second kappa shape index (κ2) is 7.04. The van der Waals surface area contributed by atoms with E-state index in [9.17, 15) is 0 Å². The van der Waals surface area contributed by atoms with Crippen LogP contribution in [0, 0.1) is 6.92 Å². The lowest BCUT2D eigenvalue weighted by Crippen LogP contribution is -2.06. The standard InChI is InChI=1S/C18H19N3O3/c1-12(18-20-13(2)21-24-18)19-14-8-10-15(11-9-14)23-17-7-5-4-6-16(17)22-3/h4-12,19H,1-3H3. The monoisotopic (exact) mass is 325 g/mol. The summed E-state index contributed by atoms with van der Waals surface area (Å²) >= 11 is 0. The fourth-order valence-electron chi connectivity index (χ4n) is 2.25. The molecule has 0 bridgehead atoms. The molecule has 0 spiro atoms. The van der Waals surface area contributed by atoms with Crippen LogP contribution in [0.15, 0.2) is 53.1 Å². The van der Waals surface area contributed by atoms with Crippen molar-refractivity contribution in [1.82, 2.24) is 10.1 Å². The van der Waals surface area contributed by atoms with E-state index in [1.165, 1.54) is 0 Å². The lowest BCUT2D eigenvalue weighted by atomic mass is 10.2. The molecule has 24 heavy (non-hydrogen) atoms. The van der Waals surface area contributed by atoms with Gasteiger partial charge in [0, 0.05) is 5.69 Å². The maximum Gasteiger partial charge on any atom is 0.248 e. The molecule has 1 unspecified atom stereocenters. The highest BCUT2D eigenvalue weighted by molar-refractivity contribution is 5.49. The predicted molar refractivity (Wildman–Crippen MR) is 90.6 cm³/mol. The van der Waals surface area contributed by atoms with E-state index in [4.69, 9.17) is 14.0 Å². The Bertz CT molecular complexity index is 799. The van der Waals surface area contributed by atoms with Gasteiger partial charge in [0.25, 0.3) is 0 Å². The highest BCUT2D eigenvalue weighted by Crippen LogP contribution is 2.31. The average Bonchev–Trinajstić information content (AvgIpc) is 3.04. The van der Waals surface area contributed by atoms with Crippen molar-refractivity contribution < 1.29 is 14.0 Å². The third kappa shape index (κ3) is 3.65. The van der Waals surface area contributed by atoms with Crippen molar-refractivity contribution in [1.29, 1.82) is 0 Å². The molecule has 2 aromatic carbocycles. The molecule has 124 valence electrons. The van der Waals surface area contributed by atoms with E-state index in [1.54, 1.807) is 14.0 Å². The highest BCUT2D eigenvalue weighted by atomic mass is 16.5. The Hall–Kier alpha value is -3.02. The van der Waals surface area contributed by atoms with Crippen molar-refractivity contribution in [3.05, 3.63) is 60.2 Å². The van der Waals surface area contributed by atoms with Crippen LogP contribution in [0.25, 0.3) is 0 Å². The van der Waals surface area contributed by atoms with Crippen LogP contribution in [0.1, 0.15) is 24.7 Å². The molecule has 1 heterocycles. The largest absolute Gasteiger partial charge is 0.493 e. The zero-order valence-electron chi connectivity index (χ0n) is 13.8. The number of para-hydroxylation sites is 2. The van der Waals surface area contributed by atoms with Crippen LogP contribution >= 0.6 is 0 Å². The Morgan fingerprint density at radius 2 is 1.75 bits per heavy atom. The van der Waals surface area contributed by atoms with Crippen LogP contribution in [-0.2, 0) is 0 Å². The van der Waals surface area contributed by atoms with Gasteiger partial charge in [-0.05, 0) is 50.2 Å². The molecular weight excluding hydrogens is 306 g/mol. The molecule has 1 atom stereocenters. The summed E-state index contributed by atoms with van der Waals surface area (Å²) in [4.78, 5) is 4.22. The highest BCUT2D eigenvalue weighted by Gasteiger charge is 2.12. The first-order valence-corrected chi connectivity index (χ1v) is 7.63. The smallest absolute Gasteiger partial charge is 0.248 e. The van der Waals surface area contributed by atoms with Crippen molar-refractivity contribution in [2.75, 3.05) is 12.4 Å². The molecule has 0 radical (unpaired) electrons. The number of anilines is 1. The van der Waals surface area contributed by atoms with Gasteiger partial charge in [-0.25, -0.2) is 0 Å². The predicted octanol–water partition coefficient (Wildman–Crippen LogP) is 4.35. The molecule has 6 heteroatoms. The Morgan fingerprint density at radius 1 is 1.04 bits per heavy atom. The molecule has 1 aromatic heterocycles. The van der Waals surface area contributed by atoms with E-state index in [1.807, 2.05) is 55.5 Å². The van der Waals surface area contributed by atoms with Crippen molar-refractivity contribution in [2.24, 2.45) is 0 Å². The quantitative estimate of drug-likeness (QED) is 0.726. The first-order valence-electron chi connectivity index (χ1n) is 7.63. The Kier molecular flexibility index (Phi) is 4.65. The SMILES string of the molecule is COc1ccccc1Oc1ccc(NC(C)c2nc(C)no2)cc1. The molecule has 1 N–H and O–H groups in total. The van der Waals surface area contributed by atoms with Crippen molar-refractivity contribution in [3.63, 3.8) is 0 Å². The van der Waals surface area contributed by atoms with Gasteiger partial charge in [-0.15, -0.1) is 0 Å². The number of nitrogens with zero attached hydrogens (tertiary/aromatic N) is 2. The molecule has 0 aliphatic carbocycles. The van der Waals surface area contributed by atoms with Crippen molar-refractivity contribution in [3.8, 4) is 17.2 Å². The molecule has 0 amide bonds. The molecule has 6 nitrogen and oxygen atoms in total. The topological polar surface area (TPSA) is 69.4 Å². The zero-order valence-corrected chi connectivity index (χ0v) is 13.8. The molecule has 0 saturated carbocycles. The molecule has 0 aliphatic heterocycles. The van der Waals surface area contributed by atoms with E-state index >= 15 is 0 Å². The maximum absolute atomic E-state index is 5.85. The van der Waals surface area contributed by atoms with Gasteiger partial charge in [0.05, 0.1) is 7.11 Å². The fraction of sp³-hybridized carbons (Fsp3) is 0.222. The van der Waals surface area contributed by atoms with E-state index < -0.39 is 0 Å². The second-order valence-corrected chi connectivity index (χ2v) is 5.32. The lowest BCUT2D eigenvalue weighted by Gasteiger charge is -2.13. The summed E-state index contributed by atoms with van der Waals surface area (Å²) in [5.41, 5.74) is 0.936. The first kappa shape index (κ1) is 15.9. The Labute approximate surface area is 140 Å². The van der Waals surface area contributed by atoms with Gasteiger partial charge in [-0.1, -0.05) is 17.3 Å². The van der Waals surface area contributed by atoms with Crippen molar-refractivity contribution >= 4 is 5.69 Å². The number of nitrogens with one attached hydrogen (secondary N) is 1. The summed E-state index contributed by atoms with van der Waals surface area (Å²) in [6.07, 6.45) is 0. The minimum atomic E-state index is -0.0767. The summed E-state index contributed by atoms with van der Waals surface area (Å²) in [5, 5.41) is 7.11. The summed E-state index contributed by atoms with van der Waals surface area (Å²) in [6, 6.07) is 15.1. The number of ether oxygens (including phenoxy) is 2. The third-order valence-corrected chi connectivity index (χ3v) is 3.45. The fourth-order valence-corrected chi connectivity index (χ4v) is 2.25. The Balaban J connectivity index is 1.67. The summed E-state index contributed by atoms with van der Waals surface area (Å²) in [6.45, 7) is 3.76. The zero-order chi connectivity index (χ0) is 16.9. The van der Waals surface area contributed by atoms with Crippen LogP contribution in [0.3, 0.4) is 0 Å². The number of rotatable bonds is 6. The molecule has 3 aromatic rings. The average molecular weight is 325 g/mol. The Morgan fingerprint density at radius 3 is 2.38 bits per heavy atom. The molecule has 0 aliphatic rings. The van der Waals surface area contributed by atoms with Gasteiger partial charge in [0.1, 0.15) is 11.8 Å². The summed E-state index contributed by atoms with van der Waals surface area (Å²) in [7, 11) is 1.62. The van der Waals surface area contributed by atoms with Gasteiger partial charge in [0.15, 0.2) is 17.3 Å². The normalized spacial score (nSPS) is 11.8. The molecule has 0 fully saturated rings. The first-order chi connectivity index (χ1) is 11.7. The summed E-state index contributed by atoms with van der Waals surface area (Å²) in [5.74, 6) is 3.28. The number of benzene rings is 2. The van der Waals surface area contributed by atoms with Gasteiger partial charge in [-0.3, -0.25) is 0 Å². The minimum Gasteiger partial charge on any atom is -0.493 e. The van der Waals surface area contributed by atoms with E-state index in [0.29, 0.717) is 23.2 Å². The molecule has 0 saturated heterocycles.